The van der Waals surface area contributed by atoms with Crippen LogP contribution in [0.1, 0.15) is 31.1 Å². The fourth-order valence-electron chi connectivity index (χ4n) is 2.18. The molecule has 3 nitrogen and oxygen atoms in total. The van der Waals surface area contributed by atoms with E-state index in [1.165, 1.54) is 11.1 Å². The maximum absolute atomic E-state index is 11.5. The molecule has 0 saturated carbocycles. The Labute approximate surface area is 125 Å². The molecule has 2 atom stereocenters. The Morgan fingerprint density at radius 3 is 2.24 bits per heavy atom. The van der Waals surface area contributed by atoms with Gasteiger partial charge in [0.05, 0.1) is 0 Å². The maximum Gasteiger partial charge on any atom is 0.323 e. The summed E-state index contributed by atoms with van der Waals surface area (Å²) in [7, 11) is 0. The molecule has 2 N–H and O–H groups in total. The molecule has 0 radical (unpaired) electrons. The summed E-state index contributed by atoms with van der Waals surface area (Å²) in [6.07, 6.45) is -0.297. The molecule has 2 rings (SSSR count). The zero-order valence-electron chi connectivity index (χ0n) is 12.7. The Bertz CT molecular complexity index is 617. The summed E-state index contributed by atoms with van der Waals surface area (Å²) >= 11 is 0. The van der Waals surface area contributed by atoms with Gasteiger partial charge < -0.3 is 10.5 Å². The van der Waals surface area contributed by atoms with Gasteiger partial charge in [0.2, 0.25) is 0 Å². The number of ether oxygens (including phenoxy) is 1. The number of rotatable bonds is 4. The molecule has 0 aliphatic heterocycles. The van der Waals surface area contributed by atoms with Crippen LogP contribution in [0.3, 0.4) is 0 Å². The van der Waals surface area contributed by atoms with Crippen LogP contribution >= 0.6 is 0 Å². The minimum Gasteiger partial charge on any atom is -0.457 e. The number of hydrogen-bond donors (Lipinski definition) is 1. The van der Waals surface area contributed by atoms with E-state index in [1.54, 1.807) is 6.92 Å². The van der Waals surface area contributed by atoms with Crippen molar-refractivity contribution in [3.63, 3.8) is 0 Å². The third-order valence-electron chi connectivity index (χ3n) is 3.50. The molecule has 0 bridgehead atoms. The molecule has 0 fully saturated rings. The minimum absolute atomic E-state index is 0.297. The Kier molecular flexibility index (Phi) is 4.76. The van der Waals surface area contributed by atoms with E-state index in [2.05, 4.69) is 19.1 Å². The lowest BCUT2D eigenvalue weighted by Crippen LogP contribution is -2.29. The molecular weight excluding hydrogens is 262 g/mol. The molecule has 0 aromatic heterocycles. The summed E-state index contributed by atoms with van der Waals surface area (Å²) in [5.41, 5.74) is 10.1. The first-order valence-corrected chi connectivity index (χ1v) is 7.11. The van der Waals surface area contributed by atoms with Crippen molar-refractivity contribution in [2.75, 3.05) is 0 Å². The lowest BCUT2D eigenvalue weighted by Gasteiger charge is -2.16. The molecule has 0 aliphatic carbocycles. The molecule has 0 spiro atoms. The van der Waals surface area contributed by atoms with Crippen molar-refractivity contribution in [1.29, 1.82) is 0 Å². The number of carbonyl (C=O) groups excluding carboxylic acids is 1. The summed E-state index contributed by atoms with van der Waals surface area (Å²) in [6, 6.07) is 15.7. The Balaban J connectivity index is 2.16. The van der Waals surface area contributed by atoms with Gasteiger partial charge in [-0.2, -0.15) is 0 Å². The van der Waals surface area contributed by atoms with Gasteiger partial charge in [-0.15, -0.1) is 0 Å². The van der Waals surface area contributed by atoms with Crippen molar-refractivity contribution in [2.24, 2.45) is 5.73 Å². The van der Waals surface area contributed by atoms with Crippen molar-refractivity contribution in [3.05, 3.63) is 59.7 Å². The molecular formula is C18H21NO2. The van der Waals surface area contributed by atoms with Gasteiger partial charge in [0.25, 0.3) is 0 Å². The van der Waals surface area contributed by atoms with E-state index in [1.807, 2.05) is 43.3 Å². The third kappa shape index (κ3) is 3.70. The molecule has 110 valence electrons. The van der Waals surface area contributed by atoms with Gasteiger partial charge in [0.15, 0.2) is 0 Å². The molecule has 3 heteroatoms. The van der Waals surface area contributed by atoms with Crippen LogP contribution in [0.2, 0.25) is 0 Å². The Morgan fingerprint density at radius 1 is 1.05 bits per heavy atom. The summed E-state index contributed by atoms with van der Waals surface area (Å²) in [4.78, 5) is 11.5. The van der Waals surface area contributed by atoms with Crippen LogP contribution in [-0.2, 0) is 9.53 Å². The zero-order chi connectivity index (χ0) is 15.4. The lowest BCUT2D eigenvalue weighted by atomic mass is 9.99. The number of carbonyl (C=O) groups is 1. The van der Waals surface area contributed by atoms with Gasteiger partial charge in [0, 0.05) is 0 Å². The van der Waals surface area contributed by atoms with Crippen LogP contribution in [-0.4, -0.2) is 12.0 Å². The van der Waals surface area contributed by atoms with E-state index < -0.39 is 6.04 Å². The van der Waals surface area contributed by atoms with Crippen LogP contribution < -0.4 is 5.73 Å². The fraction of sp³-hybridized carbons (Fsp3) is 0.278. The van der Waals surface area contributed by atoms with E-state index in [0.29, 0.717) is 0 Å². The van der Waals surface area contributed by atoms with Crippen LogP contribution in [0.15, 0.2) is 48.5 Å². The maximum atomic E-state index is 11.5. The highest BCUT2D eigenvalue weighted by Gasteiger charge is 2.15. The second-order valence-electron chi connectivity index (χ2n) is 5.30. The minimum atomic E-state index is -0.598. The van der Waals surface area contributed by atoms with Crippen LogP contribution in [0.25, 0.3) is 11.1 Å². The third-order valence-corrected chi connectivity index (χ3v) is 3.50. The Hall–Kier alpha value is -2.13. The number of nitrogens with two attached hydrogens (primary N) is 1. The second kappa shape index (κ2) is 6.55. The summed E-state index contributed by atoms with van der Waals surface area (Å²) in [5, 5.41) is 0. The number of aryl methyl sites for hydroxylation is 1. The van der Waals surface area contributed by atoms with E-state index in [9.17, 15) is 4.79 Å². The van der Waals surface area contributed by atoms with Gasteiger partial charge >= 0.3 is 5.97 Å². The average Bonchev–Trinajstić information content (AvgIpc) is 2.47. The SMILES string of the molecule is Cc1ccccc1-c1ccc([C@H](C)OC(=O)[C@H](C)N)cc1. The molecule has 2 aromatic rings. The summed E-state index contributed by atoms with van der Waals surface area (Å²) in [6.45, 7) is 5.57. The molecule has 0 heterocycles. The van der Waals surface area contributed by atoms with Gasteiger partial charge in [-0.3, -0.25) is 4.79 Å². The van der Waals surface area contributed by atoms with E-state index in [-0.39, 0.29) is 12.1 Å². The first-order valence-electron chi connectivity index (χ1n) is 7.11. The number of hydrogen-bond acceptors (Lipinski definition) is 3. The van der Waals surface area contributed by atoms with E-state index in [4.69, 9.17) is 10.5 Å². The lowest BCUT2D eigenvalue weighted by molar-refractivity contribution is -0.149. The summed E-state index contributed by atoms with van der Waals surface area (Å²) in [5.74, 6) is -0.384. The van der Waals surface area contributed by atoms with Crippen molar-refractivity contribution < 1.29 is 9.53 Å². The molecule has 2 aromatic carbocycles. The average molecular weight is 283 g/mol. The highest BCUT2D eigenvalue weighted by Crippen LogP contribution is 2.25. The van der Waals surface area contributed by atoms with Crippen LogP contribution in [0.4, 0.5) is 0 Å². The van der Waals surface area contributed by atoms with E-state index in [0.717, 1.165) is 11.1 Å². The number of benzene rings is 2. The predicted octanol–water partition coefficient (Wildman–Crippen LogP) is 3.61. The molecule has 21 heavy (non-hydrogen) atoms. The molecule has 0 saturated heterocycles. The van der Waals surface area contributed by atoms with Crippen LogP contribution in [0.5, 0.6) is 0 Å². The molecule has 0 amide bonds. The molecule has 0 aliphatic rings. The van der Waals surface area contributed by atoms with Gasteiger partial charge in [-0.25, -0.2) is 0 Å². The van der Waals surface area contributed by atoms with Gasteiger partial charge in [-0.05, 0) is 43.0 Å². The largest absolute Gasteiger partial charge is 0.457 e. The van der Waals surface area contributed by atoms with Crippen molar-refractivity contribution >= 4 is 5.97 Å². The smallest absolute Gasteiger partial charge is 0.323 e. The Morgan fingerprint density at radius 2 is 1.67 bits per heavy atom. The van der Waals surface area contributed by atoms with Crippen LogP contribution in [0, 0.1) is 6.92 Å². The van der Waals surface area contributed by atoms with Crippen molar-refractivity contribution in [2.45, 2.75) is 32.9 Å². The first-order chi connectivity index (χ1) is 9.99. The van der Waals surface area contributed by atoms with E-state index >= 15 is 0 Å². The van der Waals surface area contributed by atoms with Crippen molar-refractivity contribution in [3.8, 4) is 11.1 Å². The summed E-state index contributed by atoms with van der Waals surface area (Å²) < 4.78 is 5.30. The van der Waals surface area contributed by atoms with Crippen molar-refractivity contribution in [1.82, 2.24) is 0 Å². The van der Waals surface area contributed by atoms with Gasteiger partial charge in [-0.1, -0.05) is 48.5 Å². The second-order valence-corrected chi connectivity index (χ2v) is 5.30. The quantitative estimate of drug-likeness (QED) is 0.872. The standard InChI is InChI=1S/C18H21NO2/c1-12-6-4-5-7-17(12)16-10-8-15(9-11-16)14(3)21-18(20)13(2)19/h4-11,13-14H,19H2,1-3H3/t13-,14-/m0/s1. The molecule has 0 unspecified atom stereocenters. The number of esters is 1. The normalized spacial score (nSPS) is 13.5. The first kappa shape index (κ1) is 15.3. The monoisotopic (exact) mass is 283 g/mol. The zero-order valence-corrected chi connectivity index (χ0v) is 12.7. The fourth-order valence-corrected chi connectivity index (χ4v) is 2.18. The predicted molar refractivity (Wildman–Crippen MR) is 84.8 cm³/mol. The van der Waals surface area contributed by atoms with Gasteiger partial charge in [0.1, 0.15) is 12.1 Å². The highest BCUT2D eigenvalue weighted by molar-refractivity contribution is 5.75. The highest BCUT2D eigenvalue weighted by atomic mass is 16.5. The topological polar surface area (TPSA) is 52.3 Å².